The first kappa shape index (κ1) is 20.3. The van der Waals surface area contributed by atoms with Crippen molar-refractivity contribution in [2.45, 2.75) is 19.9 Å². The number of hydrogen-bond donors (Lipinski definition) is 1. The molecule has 0 spiro atoms. The van der Waals surface area contributed by atoms with Crippen LogP contribution in [0.3, 0.4) is 0 Å². The minimum absolute atomic E-state index is 0.0932. The maximum atomic E-state index is 13.9. The van der Waals surface area contributed by atoms with E-state index < -0.39 is 17.5 Å². The lowest BCUT2D eigenvalue weighted by Gasteiger charge is -2.10. The molecule has 4 rings (SSSR count). The van der Waals surface area contributed by atoms with Crippen LogP contribution in [0.2, 0.25) is 0 Å². The molecule has 0 radical (unpaired) electrons. The summed E-state index contributed by atoms with van der Waals surface area (Å²) in [5.74, 6) is -1.92. The highest BCUT2D eigenvalue weighted by Crippen LogP contribution is 2.25. The van der Waals surface area contributed by atoms with E-state index in [1.807, 2.05) is 24.3 Å². The van der Waals surface area contributed by atoms with Crippen molar-refractivity contribution >= 4 is 5.91 Å². The summed E-state index contributed by atoms with van der Waals surface area (Å²) in [4.78, 5) is 16.9. The van der Waals surface area contributed by atoms with E-state index in [1.165, 1.54) is 6.07 Å². The molecule has 0 aliphatic rings. The number of rotatable bonds is 6. The average Bonchev–Trinajstić information content (AvgIpc) is 3.24. The van der Waals surface area contributed by atoms with Crippen molar-refractivity contribution in [3.63, 3.8) is 0 Å². The van der Waals surface area contributed by atoms with Crippen molar-refractivity contribution in [1.82, 2.24) is 25.3 Å². The van der Waals surface area contributed by atoms with Crippen LogP contribution in [0.25, 0.3) is 16.9 Å². The van der Waals surface area contributed by atoms with Gasteiger partial charge in [0.2, 0.25) is 0 Å². The van der Waals surface area contributed by atoms with Gasteiger partial charge in [0.15, 0.2) is 5.69 Å². The number of halogens is 2. The Hall–Kier alpha value is -3.94. The number of carbonyl (C=O) groups excluding carboxylic acids is 1. The van der Waals surface area contributed by atoms with Gasteiger partial charge in [0.05, 0.1) is 5.69 Å². The molecule has 8 heteroatoms. The number of nitrogens with zero attached hydrogens (tertiary/aromatic N) is 4. The summed E-state index contributed by atoms with van der Waals surface area (Å²) in [5, 5.41) is 10.9. The molecule has 2 heterocycles. The minimum atomic E-state index is -0.727. The predicted octanol–water partition coefficient (Wildman–Crippen LogP) is 4.10. The Kier molecular flexibility index (Phi) is 5.79. The fourth-order valence-corrected chi connectivity index (χ4v) is 3.22. The van der Waals surface area contributed by atoms with Crippen molar-refractivity contribution in [3.8, 4) is 16.9 Å². The second kappa shape index (κ2) is 8.83. The van der Waals surface area contributed by atoms with Crippen LogP contribution in [0, 0.1) is 11.6 Å². The van der Waals surface area contributed by atoms with Gasteiger partial charge in [-0.1, -0.05) is 30.3 Å². The van der Waals surface area contributed by atoms with Crippen molar-refractivity contribution in [2.75, 3.05) is 0 Å². The molecule has 156 valence electrons. The third kappa shape index (κ3) is 4.32. The Morgan fingerprint density at radius 3 is 2.61 bits per heavy atom. The Morgan fingerprint density at radius 2 is 1.87 bits per heavy atom. The number of aryl methyl sites for hydroxylation is 1. The van der Waals surface area contributed by atoms with Crippen LogP contribution < -0.4 is 5.32 Å². The van der Waals surface area contributed by atoms with Gasteiger partial charge >= 0.3 is 0 Å². The number of hydrogen-bond acceptors (Lipinski definition) is 4. The van der Waals surface area contributed by atoms with E-state index in [4.69, 9.17) is 0 Å². The van der Waals surface area contributed by atoms with Gasteiger partial charge in [-0.25, -0.2) is 13.5 Å². The standard InChI is InChI=1S/C23H19F2N5O/c1-2-15-4-3-5-19(12-15)30-22(16-8-10-26-11-9-16)21(28-29-30)23(31)27-14-17-6-7-18(24)13-20(17)25/h3-13H,2,14H2,1H3,(H,27,31). The Morgan fingerprint density at radius 1 is 1.06 bits per heavy atom. The van der Waals surface area contributed by atoms with Crippen molar-refractivity contribution < 1.29 is 13.6 Å². The topological polar surface area (TPSA) is 72.7 Å². The highest BCUT2D eigenvalue weighted by atomic mass is 19.1. The third-order valence-corrected chi connectivity index (χ3v) is 4.86. The molecule has 2 aromatic heterocycles. The Labute approximate surface area is 177 Å². The quantitative estimate of drug-likeness (QED) is 0.511. The molecule has 0 saturated heterocycles. The average molecular weight is 419 g/mol. The summed E-state index contributed by atoms with van der Waals surface area (Å²) < 4.78 is 28.6. The lowest BCUT2D eigenvalue weighted by Crippen LogP contribution is -2.24. The summed E-state index contributed by atoms with van der Waals surface area (Å²) in [6, 6.07) is 14.5. The Bertz CT molecular complexity index is 1220. The fourth-order valence-electron chi connectivity index (χ4n) is 3.22. The van der Waals surface area contributed by atoms with Crippen LogP contribution in [0.15, 0.2) is 67.0 Å². The number of amides is 1. The maximum absolute atomic E-state index is 13.9. The number of pyridine rings is 1. The number of nitrogens with one attached hydrogen (secondary N) is 1. The van der Waals surface area contributed by atoms with Gasteiger partial charge in [0.1, 0.15) is 17.3 Å². The predicted molar refractivity (Wildman–Crippen MR) is 111 cm³/mol. The fraction of sp³-hybridized carbons (Fsp3) is 0.130. The molecule has 2 aromatic carbocycles. The minimum Gasteiger partial charge on any atom is -0.346 e. The zero-order valence-corrected chi connectivity index (χ0v) is 16.7. The second-order valence-electron chi connectivity index (χ2n) is 6.88. The van der Waals surface area contributed by atoms with Gasteiger partial charge in [0.25, 0.3) is 5.91 Å². The van der Waals surface area contributed by atoms with Crippen molar-refractivity contribution in [2.24, 2.45) is 0 Å². The highest BCUT2D eigenvalue weighted by Gasteiger charge is 2.22. The van der Waals surface area contributed by atoms with Crippen LogP contribution in [-0.2, 0) is 13.0 Å². The molecule has 0 atom stereocenters. The van der Waals surface area contributed by atoms with Crippen molar-refractivity contribution in [3.05, 3.63) is 95.4 Å². The molecular weight excluding hydrogens is 400 g/mol. The molecule has 0 saturated carbocycles. The Balaban J connectivity index is 1.70. The summed E-state index contributed by atoms with van der Waals surface area (Å²) in [6.45, 7) is 1.94. The second-order valence-corrected chi connectivity index (χ2v) is 6.88. The van der Waals surface area contributed by atoms with E-state index >= 15 is 0 Å². The van der Waals surface area contributed by atoms with Crippen LogP contribution in [0.1, 0.15) is 28.5 Å². The van der Waals surface area contributed by atoms with Crippen LogP contribution in [-0.4, -0.2) is 25.9 Å². The largest absolute Gasteiger partial charge is 0.346 e. The first-order valence-electron chi connectivity index (χ1n) is 9.74. The SMILES string of the molecule is CCc1cccc(-n2nnc(C(=O)NCc3ccc(F)cc3F)c2-c2ccncc2)c1. The van der Waals surface area contributed by atoms with Gasteiger partial charge in [-0.3, -0.25) is 9.78 Å². The summed E-state index contributed by atoms with van der Waals surface area (Å²) in [6.07, 6.45) is 4.08. The molecule has 0 fully saturated rings. The molecule has 0 aliphatic carbocycles. The van der Waals surface area contributed by atoms with Gasteiger partial charge < -0.3 is 5.32 Å². The molecule has 0 unspecified atom stereocenters. The molecule has 0 aliphatic heterocycles. The molecule has 0 bridgehead atoms. The van der Waals surface area contributed by atoms with E-state index in [-0.39, 0.29) is 17.8 Å². The van der Waals surface area contributed by atoms with Gasteiger partial charge in [-0.2, -0.15) is 0 Å². The van der Waals surface area contributed by atoms with E-state index in [0.29, 0.717) is 11.3 Å². The smallest absolute Gasteiger partial charge is 0.274 e. The number of carbonyl (C=O) groups is 1. The number of benzene rings is 2. The zero-order valence-electron chi connectivity index (χ0n) is 16.7. The van der Waals surface area contributed by atoms with E-state index in [9.17, 15) is 13.6 Å². The summed E-state index contributed by atoms with van der Waals surface area (Å²) in [5.41, 5.74) is 3.35. The molecule has 4 aromatic rings. The molecule has 1 N–H and O–H groups in total. The van der Waals surface area contributed by atoms with E-state index in [1.54, 1.807) is 29.2 Å². The third-order valence-electron chi connectivity index (χ3n) is 4.86. The molecule has 1 amide bonds. The highest BCUT2D eigenvalue weighted by molar-refractivity contribution is 5.98. The van der Waals surface area contributed by atoms with Gasteiger partial charge in [-0.15, -0.1) is 5.10 Å². The molecular formula is C23H19F2N5O. The van der Waals surface area contributed by atoms with Gasteiger partial charge in [0, 0.05) is 36.1 Å². The lowest BCUT2D eigenvalue weighted by atomic mass is 10.1. The first-order valence-corrected chi connectivity index (χ1v) is 9.74. The van der Waals surface area contributed by atoms with E-state index in [0.717, 1.165) is 29.8 Å². The van der Waals surface area contributed by atoms with Crippen LogP contribution in [0.5, 0.6) is 0 Å². The summed E-state index contributed by atoms with van der Waals surface area (Å²) >= 11 is 0. The lowest BCUT2D eigenvalue weighted by molar-refractivity contribution is 0.0946. The van der Waals surface area contributed by atoms with E-state index in [2.05, 4.69) is 27.5 Å². The summed E-state index contributed by atoms with van der Waals surface area (Å²) in [7, 11) is 0. The molecule has 31 heavy (non-hydrogen) atoms. The zero-order chi connectivity index (χ0) is 21.8. The van der Waals surface area contributed by atoms with Gasteiger partial charge in [-0.05, 0) is 42.3 Å². The normalized spacial score (nSPS) is 10.8. The first-order chi connectivity index (χ1) is 15.1. The molecule has 6 nitrogen and oxygen atoms in total. The number of aromatic nitrogens is 4. The monoisotopic (exact) mass is 419 g/mol. The van der Waals surface area contributed by atoms with Crippen LogP contribution >= 0.6 is 0 Å². The van der Waals surface area contributed by atoms with Crippen molar-refractivity contribution in [1.29, 1.82) is 0 Å². The van der Waals surface area contributed by atoms with Crippen LogP contribution in [0.4, 0.5) is 8.78 Å². The maximum Gasteiger partial charge on any atom is 0.274 e.